The van der Waals surface area contributed by atoms with Gasteiger partial charge in [0.05, 0.1) is 6.61 Å². The number of rotatable bonds is 5. The molecule has 0 aliphatic carbocycles. The van der Waals surface area contributed by atoms with Gasteiger partial charge in [0.25, 0.3) is 0 Å². The van der Waals surface area contributed by atoms with Gasteiger partial charge in [0.15, 0.2) is 0 Å². The van der Waals surface area contributed by atoms with Crippen LogP contribution in [-0.2, 0) is 13.0 Å². The third-order valence-corrected chi connectivity index (χ3v) is 2.83. The molecule has 0 aromatic heterocycles. The third kappa shape index (κ3) is 3.11. The molecule has 0 spiro atoms. The molecule has 18 heavy (non-hydrogen) atoms. The van der Waals surface area contributed by atoms with E-state index in [1.54, 1.807) is 0 Å². The van der Waals surface area contributed by atoms with Crippen LogP contribution in [0.4, 0.5) is 0 Å². The normalized spacial score (nSPS) is 10.3. The Bertz CT molecular complexity index is 489. The molecule has 2 nitrogen and oxygen atoms in total. The van der Waals surface area contributed by atoms with Gasteiger partial charge in [0.2, 0.25) is 0 Å². The monoisotopic (exact) mass is 242 g/mol. The summed E-state index contributed by atoms with van der Waals surface area (Å²) in [6, 6.07) is 15.6. The molecule has 1 N–H and O–H groups in total. The largest absolute Gasteiger partial charge is 0.457 e. The molecule has 0 aliphatic heterocycles. The summed E-state index contributed by atoms with van der Waals surface area (Å²) >= 11 is 0. The standard InChI is InChI=1S/C16H18O2/c1-2-5-13-8-10-15(11-9-13)18-16-7-4-3-6-14(16)12-17/h3-4,6-11,17H,2,5,12H2,1H3. The molecule has 0 saturated carbocycles. The molecule has 2 rings (SSSR count). The zero-order valence-electron chi connectivity index (χ0n) is 10.6. The van der Waals surface area contributed by atoms with Crippen LogP contribution in [-0.4, -0.2) is 5.11 Å². The molecule has 0 radical (unpaired) electrons. The molecule has 0 unspecified atom stereocenters. The maximum Gasteiger partial charge on any atom is 0.132 e. The molecule has 2 aromatic rings. The molecule has 94 valence electrons. The summed E-state index contributed by atoms with van der Waals surface area (Å²) in [6.45, 7) is 2.16. The molecule has 0 heterocycles. The summed E-state index contributed by atoms with van der Waals surface area (Å²) in [5.74, 6) is 1.51. The lowest BCUT2D eigenvalue weighted by Gasteiger charge is -2.09. The van der Waals surface area contributed by atoms with E-state index in [9.17, 15) is 5.11 Å². The molecule has 2 heteroatoms. The second-order valence-corrected chi connectivity index (χ2v) is 4.26. The van der Waals surface area contributed by atoms with Gasteiger partial charge < -0.3 is 9.84 Å². The number of aliphatic hydroxyl groups excluding tert-OH is 1. The Balaban J connectivity index is 2.13. The molecule has 0 saturated heterocycles. The summed E-state index contributed by atoms with van der Waals surface area (Å²) in [5, 5.41) is 9.23. The lowest BCUT2D eigenvalue weighted by molar-refractivity contribution is 0.276. The molecule has 0 fully saturated rings. The summed E-state index contributed by atoms with van der Waals surface area (Å²) in [4.78, 5) is 0. The molecule has 2 aromatic carbocycles. The Kier molecular flexibility index (Phi) is 4.37. The van der Waals surface area contributed by atoms with Crippen LogP contribution in [0.15, 0.2) is 48.5 Å². The number of ether oxygens (including phenoxy) is 1. The van der Waals surface area contributed by atoms with Crippen LogP contribution < -0.4 is 4.74 Å². The smallest absolute Gasteiger partial charge is 0.132 e. The highest BCUT2D eigenvalue weighted by Crippen LogP contribution is 2.25. The molecule has 0 bridgehead atoms. The molecule has 0 aliphatic rings. The average Bonchev–Trinajstić information content (AvgIpc) is 2.42. The summed E-state index contributed by atoms with van der Waals surface area (Å²) in [5.41, 5.74) is 2.12. The van der Waals surface area contributed by atoms with Gasteiger partial charge in [0.1, 0.15) is 11.5 Å². The predicted octanol–water partition coefficient (Wildman–Crippen LogP) is 3.92. The summed E-state index contributed by atoms with van der Waals surface area (Å²) in [7, 11) is 0. The third-order valence-electron chi connectivity index (χ3n) is 2.83. The fourth-order valence-electron chi connectivity index (χ4n) is 1.87. The quantitative estimate of drug-likeness (QED) is 0.861. The van der Waals surface area contributed by atoms with Crippen molar-refractivity contribution in [3.8, 4) is 11.5 Å². The van der Waals surface area contributed by atoms with Crippen LogP contribution in [0.2, 0.25) is 0 Å². The van der Waals surface area contributed by atoms with Gasteiger partial charge in [-0.3, -0.25) is 0 Å². The zero-order valence-corrected chi connectivity index (χ0v) is 10.6. The number of aryl methyl sites for hydroxylation is 1. The Morgan fingerprint density at radius 2 is 1.72 bits per heavy atom. The van der Waals surface area contributed by atoms with Crippen molar-refractivity contribution in [1.82, 2.24) is 0 Å². The first-order chi connectivity index (χ1) is 8.83. The molecular formula is C16H18O2. The number of hydrogen-bond acceptors (Lipinski definition) is 2. The van der Waals surface area contributed by atoms with Crippen LogP contribution in [0, 0.1) is 0 Å². The highest BCUT2D eigenvalue weighted by atomic mass is 16.5. The van der Waals surface area contributed by atoms with Crippen molar-refractivity contribution >= 4 is 0 Å². The molecule has 0 atom stereocenters. The lowest BCUT2D eigenvalue weighted by atomic mass is 10.1. The van der Waals surface area contributed by atoms with Gasteiger partial charge in [-0.2, -0.15) is 0 Å². The van der Waals surface area contributed by atoms with E-state index in [1.165, 1.54) is 5.56 Å². The van der Waals surface area contributed by atoms with Crippen LogP contribution >= 0.6 is 0 Å². The fourth-order valence-corrected chi connectivity index (χ4v) is 1.87. The lowest BCUT2D eigenvalue weighted by Crippen LogP contribution is -1.91. The number of para-hydroxylation sites is 1. The highest BCUT2D eigenvalue weighted by molar-refractivity contribution is 5.38. The Morgan fingerprint density at radius 1 is 1.00 bits per heavy atom. The van der Waals surface area contributed by atoms with Crippen molar-refractivity contribution in [3.63, 3.8) is 0 Å². The van der Waals surface area contributed by atoms with Crippen LogP contribution in [0.1, 0.15) is 24.5 Å². The van der Waals surface area contributed by atoms with Gasteiger partial charge in [0, 0.05) is 5.56 Å². The second kappa shape index (κ2) is 6.22. The topological polar surface area (TPSA) is 29.5 Å². The van der Waals surface area contributed by atoms with Gasteiger partial charge >= 0.3 is 0 Å². The number of aliphatic hydroxyl groups is 1. The van der Waals surface area contributed by atoms with E-state index in [1.807, 2.05) is 36.4 Å². The van der Waals surface area contributed by atoms with Gasteiger partial charge in [-0.1, -0.05) is 43.7 Å². The minimum Gasteiger partial charge on any atom is -0.457 e. The Hall–Kier alpha value is -1.80. The van der Waals surface area contributed by atoms with Crippen molar-refractivity contribution in [2.24, 2.45) is 0 Å². The highest BCUT2D eigenvalue weighted by Gasteiger charge is 2.03. The van der Waals surface area contributed by atoms with Crippen LogP contribution in [0.25, 0.3) is 0 Å². The van der Waals surface area contributed by atoms with Crippen LogP contribution in [0.3, 0.4) is 0 Å². The van der Waals surface area contributed by atoms with Crippen molar-refractivity contribution in [2.75, 3.05) is 0 Å². The van der Waals surface area contributed by atoms with Crippen molar-refractivity contribution < 1.29 is 9.84 Å². The predicted molar refractivity (Wildman–Crippen MR) is 72.9 cm³/mol. The minimum atomic E-state index is -0.00983. The molecular weight excluding hydrogens is 224 g/mol. The summed E-state index contributed by atoms with van der Waals surface area (Å²) < 4.78 is 5.77. The van der Waals surface area contributed by atoms with Crippen LogP contribution in [0.5, 0.6) is 11.5 Å². The van der Waals surface area contributed by atoms with Crippen molar-refractivity contribution in [3.05, 3.63) is 59.7 Å². The van der Waals surface area contributed by atoms with E-state index in [4.69, 9.17) is 4.74 Å². The first-order valence-corrected chi connectivity index (χ1v) is 6.29. The van der Waals surface area contributed by atoms with Gasteiger partial charge in [-0.05, 0) is 30.2 Å². The van der Waals surface area contributed by atoms with E-state index in [2.05, 4.69) is 19.1 Å². The number of hydrogen-bond donors (Lipinski definition) is 1. The van der Waals surface area contributed by atoms with Gasteiger partial charge in [-0.15, -0.1) is 0 Å². The van der Waals surface area contributed by atoms with E-state index in [-0.39, 0.29) is 6.61 Å². The van der Waals surface area contributed by atoms with E-state index < -0.39 is 0 Å². The van der Waals surface area contributed by atoms with E-state index >= 15 is 0 Å². The average molecular weight is 242 g/mol. The van der Waals surface area contributed by atoms with Crippen molar-refractivity contribution in [1.29, 1.82) is 0 Å². The first kappa shape index (κ1) is 12.7. The Labute approximate surface area is 108 Å². The fraction of sp³-hybridized carbons (Fsp3) is 0.250. The minimum absolute atomic E-state index is 0.00983. The maximum atomic E-state index is 9.23. The SMILES string of the molecule is CCCc1ccc(Oc2ccccc2CO)cc1. The second-order valence-electron chi connectivity index (χ2n) is 4.26. The van der Waals surface area contributed by atoms with Crippen molar-refractivity contribution in [2.45, 2.75) is 26.4 Å². The number of benzene rings is 2. The first-order valence-electron chi connectivity index (χ1n) is 6.29. The van der Waals surface area contributed by atoms with Gasteiger partial charge in [-0.25, -0.2) is 0 Å². The van der Waals surface area contributed by atoms with E-state index in [0.717, 1.165) is 24.2 Å². The zero-order chi connectivity index (χ0) is 12.8. The van der Waals surface area contributed by atoms with E-state index in [0.29, 0.717) is 5.75 Å². The Morgan fingerprint density at radius 3 is 2.39 bits per heavy atom. The molecule has 0 amide bonds. The maximum absolute atomic E-state index is 9.23. The summed E-state index contributed by atoms with van der Waals surface area (Å²) in [6.07, 6.45) is 2.24.